The van der Waals surface area contributed by atoms with E-state index in [0.29, 0.717) is 52.9 Å². The Kier molecular flexibility index (Phi) is 5.56. The zero-order valence-corrected chi connectivity index (χ0v) is 21.4. The predicted molar refractivity (Wildman–Crippen MR) is 127 cm³/mol. The standard InChI is InChI=1S/C30H42O5/c1-16(27(31)32)14-35-15-25(28(33)34)26(29-10-19-4-20(11-29)7-23(6-19)17(29)2)30-12-21-5-22(13-30)9-24(8-21)18(30)3/h17-24H,1,4-15H2,2-3H3,(H,31,32)(H,33,34)/p-2. The second-order valence-corrected chi connectivity index (χ2v) is 13.6. The number of carbonyl (C=O) groups excluding carboxylic acids is 2. The Balaban J connectivity index is 1.49. The summed E-state index contributed by atoms with van der Waals surface area (Å²) in [6.45, 7) is 7.98. The number of hydrogen-bond acceptors (Lipinski definition) is 5. The minimum Gasteiger partial charge on any atom is -0.545 e. The molecule has 0 saturated heterocycles. The summed E-state index contributed by atoms with van der Waals surface area (Å²) in [5, 5.41) is 24.1. The highest BCUT2D eigenvalue weighted by atomic mass is 16.5. The van der Waals surface area contributed by atoms with Crippen LogP contribution in [0.3, 0.4) is 0 Å². The van der Waals surface area contributed by atoms with Gasteiger partial charge < -0.3 is 24.5 Å². The largest absolute Gasteiger partial charge is 0.545 e. The first-order valence-electron chi connectivity index (χ1n) is 14.0. The number of allylic oxidation sites excluding steroid dienone is 1. The van der Waals surface area contributed by atoms with E-state index in [4.69, 9.17) is 4.74 Å². The molecule has 5 nitrogen and oxygen atoms in total. The fourth-order valence-corrected chi connectivity index (χ4v) is 11.1. The zero-order chi connectivity index (χ0) is 24.7. The minimum atomic E-state index is -1.35. The summed E-state index contributed by atoms with van der Waals surface area (Å²) >= 11 is 0. The van der Waals surface area contributed by atoms with E-state index in [-0.39, 0.29) is 29.6 Å². The Hall–Kier alpha value is -1.62. The van der Waals surface area contributed by atoms with Crippen molar-refractivity contribution in [3.63, 3.8) is 0 Å². The van der Waals surface area contributed by atoms with Gasteiger partial charge in [-0.25, -0.2) is 0 Å². The fraction of sp³-hybridized carbons (Fsp3) is 0.800. The van der Waals surface area contributed by atoms with Crippen LogP contribution in [0.5, 0.6) is 0 Å². The molecule has 0 aliphatic heterocycles. The molecule has 0 amide bonds. The first-order valence-corrected chi connectivity index (χ1v) is 14.0. The third-order valence-corrected chi connectivity index (χ3v) is 12.0. The molecular formula is C30H40O5-2. The van der Waals surface area contributed by atoms with Crippen molar-refractivity contribution in [3.05, 3.63) is 23.3 Å². The second kappa shape index (κ2) is 8.19. The van der Waals surface area contributed by atoms with E-state index in [1.165, 1.54) is 44.1 Å². The smallest absolute Gasteiger partial charge is 0.0739 e. The summed E-state index contributed by atoms with van der Waals surface area (Å²) in [5.74, 6) is 2.63. The maximum absolute atomic E-state index is 12.9. The monoisotopic (exact) mass is 480 g/mol. The number of carboxylic acids is 2. The summed E-state index contributed by atoms with van der Waals surface area (Å²) in [6.07, 6.45) is 12.2. The number of hydrogen-bond donors (Lipinski definition) is 0. The van der Waals surface area contributed by atoms with Crippen LogP contribution in [0.2, 0.25) is 0 Å². The molecule has 0 spiro atoms. The first-order chi connectivity index (χ1) is 16.6. The second-order valence-electron chi connectivity index (χ2n) is 13.6. The topological polar surface area (TPSA) is 89.5 Å². The molecule has 0 aromatic carbocycles. The normalized spacial score (nSPS) is 46.6. The third kappa shape index (κ3) is 3.50. The SMILES string of the molecule is C=C(COCC(C(=O)[O-])=C(C12CC3CC(CC(C3)C1C)C2)C12CC3CC(CC(C3)C1C)C2)C(=O)[O-]. The van der Waals surface area contributed by atoms with Crippen LogP contribution in [0, 0.1) is 58.2 Å². The number of aliphatic carboxylic acids is 2. The van der Waals surface area contributed by atoms with Crippen molar-refractivity contribution >= 4 is 11.9 Å². The van der Waals surface area contributed by atoms with Gasteiger partial charge in [-0.3, -0.25) is 0 Å². The molecule has 192 valence electrons. The van der Waals surface area contributed by atoms with Crippen molar-refractivity contribution in [2.24, 2.45) is 58.2 Å². The van der Waals surface area contributed by atoms with Crippen LogP contribution in [-0.2, 0) is 14.3 Å². The average molecular weight is 481 g/mol. The van der Waals surface area contributed by atoms with Crippen LogP contribution in [0.4, 0.5) is 0 Å². The Labute approximate surface area is 209 Å². The number of carboxylic acid groups (broad SMARTS) is 2. The van der Waals surface area contributed by atoms with Gasteiger partial charge in [-0.05, 0) is 134 Å². The van der Waals surface area contributed by atoms with Crippen LogP contribution in [-0.4, -0.2) is 25.2 Å². The van der Waals surface area contributed by atoms with Crippen molar-refractivity contribution in [2.75, 3.05) is 13.2 Å². The van der Waals surface area contributed by atoms with Gasteiger partial charge in [0.1, 0.15) is 0 Å². The van der Waals surface area contributed by atoms with E-state index in [2.05, 4.69) is 20.4 Å². The van der Waals surface area contributed by atoms with Gasteiger partial charge in [0, 0.05) is 5.57 Å². The van der Waals surface area contributed by atoms with E-state index in [1.807, 2.05) is 0 Å². The molecule has 0 N–H and O–H groups in total. The zero-order valence-electron chi connectivity index (χ0n) is 21.4. The summed E-state index contributed by atoms with van der Waals surface area (Å²) in [5.41, 5.74) is 1.20. The first kappa shape index (κ1) is 23.8. The van der Waals surface area contributed by atoms with Crippen LogP contribution in [0.15, 0.2) is 23.3 Å². The van der Waals surface area contributed by atoms with Gasteiger partial charge in [0.05, 0.1) is 25.2 Å². The van der Waals surface area contributed by atoms with Crippen molar-refractivity contribution in [3.8, 4) is 0 Å². The van der Waals surface area contributed by atoms with Gasteiger partial charge in [0.2, 0.25) is 0 Å². The molecule has 8 aliphatic carbocycles. The fourth-order valence-electron chi connectivity index (χ4n) is 11.1. The van der Waals surface area contributed by atoms with Crippen LogP contribution < -0.4 is 10.2 Å². The maximum atomic E-state index is 12.9. The highest BCUT2D eigenvalue weighted by Crippen LogP contribution is 2.74. The highest BCUT2D eigenvalue weighted by molar-refractivity contribution is 5.87. The highest BCUT2D eigenvalue weighted by Gasteiger charge is 2.65. The summed E-state index contributed by atoms with van der Waals surface area (Å²) in [4.78, 5) is 24.1. The van der Waals surface area contributed by atoms with Crippen LogP contribution in [0.25, 0.3) is 0 Å². The van der Waals surface area contributed by atoms with E-state index < -0.39 is 11.9 Å². The Morgan fingerprint density at radius 3 is 1.54 bits per heavy atom. The van der Waals surface area contributed by atoms with E-state index >= 15 is 0 Å². The van der Waals surface area contributed by atoms with Gasteiger partial charge >= 0.3 is 0 Å². The molecule has 8 aliphatic rings. The van der Waals surface area contributed by atoms with Gasteiger partial charge in [0.15, 0.2) is 0 Å². The molecule has 8 fully saturated rings. The van der Waals surface area contributed by atoms with Crippen molar-refractivity contribution < 1.29 is 24.5 Å². The van der Waals surface area contributed by atoms with E-state index in [1.54, 1.807) is 0 Å². The maximum Gasteiger partial charge on any atom is 0.0739 e. The van der Waals surface area contributed by atoms with Crippen molar-refractivity contribution in [2.45, 2.75) is 78.1 Å². The van der Waals surface area contributed by atoms with E-state index in [0.717, 1.165) is 25.7 Å². The molecule has 0 aromatic rings. The summed E-state index contributed by atoms with van der Waals surface area (Å²) in [7, 11) is 0. The summed E-state index contributed by atoms with van der Waals surface area (Å²) < 4.78 is 5.76. The summed E-state index contributed by atoms with van der Waals surface area (Å²) in [6, 6.07) is 0. The lowest BCUT2D eigenvalue weighted by molar-refractivity contribution is -0.300. The molecule has 0 heterocycles. The van der Waals surface area contributed by atoms with Crippen LogP contribution >= 0.6 is 0 Å². The predicted octanol–water partition coefficient (Wildman–Crippen LogP) is 3.28. The number of rotatable bonds is 8. The lowest BCUT2D eigenvalue weighted by Gasteiger charge is -2.69. The molecule has 5 heteroatoms. The van der Waals surface area contributed by atoms with E-state index in [9.17, 15) is 19.8 Å². The molecular weight excluding hydrogens is 440 g/mol. The van der Waals surface area contributed by atoms with Crippen molar-refractivity contribution in [1.82, 2.24) is 0 Å². The Bertz CT molecular complexity index is 899. The number of carbonyl (C=O) groups is 2. The lowest BCUT2D eigenvalue weighted by Crippen LogP contribution is -2.60. The molecule has 0 aromatic heterocycles. The minimum absolute atomic E-state index is 0.0845. The van der Waals surface area contributed by atoms with Gasteiger partial charge in [-0.15, -0.1) is 0 Å². The quantitative estimate of drug-likeness (QED) is 0.498. The van der Waals surface area contributed by atoms with Gasteiger partial charge in [-0.1, -0.05) is 20.4 Å². The average Bonchev–Trinajstić information content (AvgIpc) is 2.78. The Morgan fingerprint density at radius 2 is 1.17 bits per heavy atom. The molecule has 8 rings (SSSR count). The lowest BCUT2D eigenvalue weighted by atomic mass is 9.36. The molecule has 0 radical (unpaired) electrons. The molecule has 8 bridgehead atoms. The van der Waals surface area contributed by atoms with Crippen molar-refractivity contribution in [1.29, 1.82) is 0 Å². The molecule has 6 atom stereocenters. The molecule has 8 saturated carbocycles. The molecule has 35 heavy (non-hydrogen) atoms. The van der Waals surface area contributed by atoms with Crippen LogP contribution in [0.1, 0.15) is 78.1 Å². The van der Waals surface area contributed by atoms with Gasteiger partial charge in [0.25, 0.3) is 0 Å². The Morgan fingerprint density at radius 1 is 0.743 bits per heavy atom. The third-order valence-electron chi connectivity index (χ3n) is 12.0. The molecule has 6 unspecified atom stereocenters. The number of ether oxygens (including phenoxy) is 1. The van der Waals surface area contributed by atoms with Gasteiger partial charge in [-0.2, -0.15) is 0 Å².